The average Bonchev–Trinajstić information content (AvgIpc) is 2.82. The van der Waals surface area contributed by atoms with E-state index in [0.717, 1.165) is 28.1 Å². The number of rotatable bonds is 2. The van der Waals surface area contributed by atoms with Gasteiger partial charge in [-0.25, -0.2) is 9.97 Å². The van der Waals surface area contributed by atoms with Crippen LogP contribution >= 0.6 is 11.6 Å². The third-order valence-corrected chi connectivity index (χ3v) is 3.31. The highest BCUT2D eigenvalue weighted by Crippen LogP contribution is 2.18. The van der Waals surface area contributed by atoms with E-state index in [4.69, 9.17) is 11.6 Å². The molecular weight excluding hydrogens is 246 g/mol. The molecule has 0 aliphatic heterocycles. The standard InChI is InChI=1S/C14H12ClN3/c1-10-11(8-15)6-7-14(17-10)18-9-16-12-4-2-3-5-13(12)18/h2-7,9H,8H2,1H3. The van der Waals surface area contributed by atoms with Crippen molar-refractivity contribution in [3.8, 4) is 5.82 Å². The number of hydrogen-bond donors (Lipinski definition) is 0. The van der Waals surface area contributed by atoms with E-state index >= 15 is 0 Å². The van der Waals surface area contributed by atoms with E-state index in [9.17, 15) is 0 Å². The molecule has 0 unspecified atom stereocenters. The zero-order valence-corrected chi connectivity index (χ0v) is 10.7. The molecule has 0 saturated carbocycles. The van der Waals surface area contributed by atoms with Crippen LogP contribution in [0.25, 0.3) is 16.9 Å². The third-order valence-electron chi connectivity index (χ3n) is 3.02. The van der Waals surface area contributed by atoms with Crippen LogP contribution in [-0.4, -0.2) is 14.5 Å². The molecule has 3 nitrogen and oxygen atoms in total. The van der Waals surface area contributed by atoms with Crippen molar-refractivity contribution in [2.24, 2.45) is 0 Å². The van der Waals surface area contributed by atoms with E-state index in [2.05, 4.69) is 9.97 Å². The Morgan fingerprint density at radius 1 is 1.17 bits per heavy atom. The third kappa shape index (κ3) is 1.77. The Morgan fingerprint density at radius 3 is 2.78 bits per heavy atom. The number of imidazole rings is 1. The molecule has 0 radical (unpaired) electrons. The number of aryl methyl sites for hydroxylation is 1. The Labute approximate surface area is 110 Å². The SMILES string of the molecule is Cc1nc(-n2cnc3ccccc32)ccc1CCl. The molecule has 1 aromatic carbocycles. The van der Waals surface area contributed by atoms with E-state index < -0.39 is 0 Å². The number of pyridine rings is 1. The summed E-state index contributed by atoms with van der Waals surface area (Å²) in [7, 11) is 0. The highest BCUT2D eigenvalue weighted by Gasteiger charge is 2.06. The zero-order chi connectivity index (χ0) is 12.5. The van der Waals surface area contributed by atoms with Gasteiger partial charge >= 0.3 is 0 Å². The number of halogens is 1. The minimum atomic E-state index is 0.490. The van der Waals surface area contributed by atoms with Crippen molar-refractivity contribution in [2.75, 3.05) is 0 Å². The topological polar surface area (TPSA) is 30.7 Å². The van der Waals surface area contributed by atoms with Gasteiger partial charge in [0.2, 0.25) is 0 Å². The molecular formula is C14H12ClN3. The lowest BCUT2D eigenvalue weighted by molar-refractivity contribution is 0.988. The monoisotopic (exact) mass is 257 g/mol. The maximum absolute atomic E-state index is 5.85. The van der Waals surface area contributed by atoms with Crippen LogP contribution in [0.3, 0.4) is 0 Å². The fourth-order valence-electron chi connectivity index (χ4n) is 1.99. The molecule has 0 aliphatic rings. The first-order chi connectivity index (χ1) is 8.79. The van der Waals surface area contributed by atoms with Crippen molar-refractivity contribution < 1.29 is 0 Å². The molecule has 3 aromatic rings. The first-order valence-electron chi connectivity index (χ1n) is 5.74. The smallest absolute Gasteiger partial charge is 0.138 e. The lowest BCUT2D eigenvalue weighted by Crippen LogP contribution is -1.99. The van der Waals surface area contributed by atoms with Crippen LogP contribution in [0.15, 0.2) is 42.7 Å². The Hall–Kier alpha value is -1.87. The second-order valence-electron chi connectivity index (χ2n) is 4.15. The number of aromatic nitrogens is 3. The second-order valence-corrected chi connectivity index (χ2v) is 4.42. The van der Waals surface area contributed by atoms with Gasteiger partial charge in [0.05, 0.1) is 11.0 Å². The fraction of sp³-hybridized carbons (Fsp3) is 0.143. The van der Waals surface area contributed by atoms with Crippen molar-refractivity contribution in [3.63, 3.8) is 0 Å². The van der Waals surface area contributed by atoms with E-state index in [0.29, 0.717) is 5.88 Å². The van der Waals surface area contributed by atoms with Gasteiger partial charge in [-0.2, -0.15) is 0 Å². The molecule has 18 heavy (non-hydrogen) atoms. The van der Waals surface area contributed by atoms with Crippen LogP contribution in [0.4, 0.5) is 0 Å². The summed E-state index contributed by atoms with van der Waals surface area (Å²) >= 11 is 5.85. The molecule has 4 heteroatoms. The normalized spacial score (nSPS) is 11.0. The number of fused-ring (bicyclic) bond motifs is 1. The number of benzene rings is 1. The summed E-state index contributed by atoms with van der Waals surface area (Å²) < 4.78 is 1.99. The highest BCUT2D eigenvalue weighted by molar-refractivity contribution is 6.17. The van der Waals surface area contributed by atoms with E-state index in [1.165, 1.54) is 0 Å². The lowest BCUT2D eigenvalue weighted by atomic mass is 10.2. The summed E-state index contributed by atoms with van der Waals surface area (Å²) in [4.78, 5) is 8.94. The highest BCUT2D eigenvalue weighted by atomic mass is 35.5. The molecule has 0 bridgehead atoms. The van der Waals surface area contributed by atoms with Gasteiger partial charge in [-0.15, -0.1) is 11.6 Å². The molecule has 0 fully saturated rings. The van der Waals surface area contributed by atoms with Crippen LogP contribution in [0.5, 0.6) is 0 Å². The number of hydrogen-bond acceptors (Lipinski definition) is 2. The van der Waals surface area contributed by atoms with Crippen LogP contribution in [0.2, 0.25) is 0 Å². The van der Waals surface area contributed by atoms with Gasteiger partial charge < -0.3 is 0 Å². The van der Waals surface area contributed by atoms with Gasteiger partial charge in [-0.05, 0) is 30.7 Å². The summed E-state index contributed by atoms with van der Waals surface area (Å²) in [5.74, 6) is 1.36. The summed E-state index contributed by atoms with van der Waals surface area (Å²) in [6, 6.07) is 12.0. The Morgan fingerprint density at radius 2 is 2.00 bits per heavy atom. The summed E-state index contributed by atoms with van der Waals surface area (Å²) in [6.45, 7) is 1.97. The minimum absolute atomic E-state index is 0.490. The second kappa shape index (κ2) is 4.42. The van der Waals surface area contributed by atoms with Crippen molar-refractivity contribution in [2.45, 2.75) is 12.8 Å². The predicted octanol–water partition coefficient (Wildman–Crippen LogP) is 3.47. The number of para-hydroxylation sites is 2. The Balaban J connectivity index is 2.17. The average molecular weight is 258 g/mol. The van der Waals surface area contributed by atoms with Gasteiger partial charge in [0.1, 0.15) is 12.1 Å². The van der Waals surface area contributed by atoms with Gasteiger partial charge in [0.25, 0.3) is 0 Å². The Kier molecular flexibility index (Phi) is 2.76. The van der Waals surface area contributed by atoms with Gasteiger partial charge in [0, 0.05) is 11.6 Å². The molecule has 0 atom stereocenters. The Bertz CT molecular complexity index is 703. The molecule has 90 valence electrons. The fourth-order valence-corrected chi connectivity index (χ4v) is 2.28. The van der Waals surface area contributed by atoms with Gasteiger partial charge in [-0.1, -0.05) is 18.2 Å². The van der Waals surface area contributed by atoms with Gasteiger partial charge in [0.15, 0.2) is 0 Å². The molecule has 2 aromatic heterocycles. The molecule has 0 aliphatic carbocycles. The first-order valence-corrected chi connectivity index (χ1v) is 6.28. The van der Waals surface area contributed by atoms with Gasteiger partial charge in [-0.3, -0.25) is 4.57 Å². The maximum Gasteiger partial charge on any atom is 0.138 e. The van der Waals surface area contributed by atoms with Crippen molar-refractivity contribution in [1.29, 1.82) is 0 Å². The minimum Gasteiger partial charge on any atom is -0.283 e. The molecule has 0 amide bonds. The molecule has 0 saturated heterocycles. The first kappa shape index (κ1) is 11.2. The number of nitrogens with zero attached hydrogens (tertiary/aromatic N) is 3. The van der Waals surface area contributed by atoms with E-state index in [1.807, 2.05) is 47.9 Å². The zero-order valence-electron chi connectivity index (χ0n) is 9.97. The van der Waals surface area contributed by atoms with Crippen LogP contribution in [0.1, 0.15) is 11.3 Å². The maximum atomic E-state index is 5.85. The van der Waals surface area contributed by atoms with Crippen LogP contribution in [0, 0.1) is 6.92 Å². The number of alkyl halides is 1. The van der Waals surface area contributed by atoms with E-state index in [-0.39, 0.29) is 0 Å². The largest absolute Gasteiger partial charge is 0.283 e. The lowest BCUT2D eigenvalue weighted by Gasteiger charge is -2.06. The quantitative estimate of drug-likeness (QED) is 0.658. The summed E-state index contributed by atoms with van der Waals surface area (Å²) in [5, 5.41) is 0. The summed E-state index contributed by atoms with van der Waals surface area (Å²) in [5.41, 5.74) is 4.05. The van der Waals surface area contributed by atoms with Crippen molar-refractivity contribution >= 4 is 22.6 Å². The molecule has 0 N–H and O–H groups in total. The van der Waals surface area contributed by atoms with Crippen molar-refractivity contribution in [1.82, 2.24) is 14.5 Å². The van der Waals surface area contributed by atoms with Crippen molar-refractivity contribution in [3.05, 3.63) is 54.0 Å². The summed E-state index contributed by atoms with van der Waals surface area (Å²) in [6.07, 6.45) is 1.80. The molecule has 3 rings (SSSR count). The molecule has 2 heterocycles. The molecule has 0 spiro atoms. The van der Waals surface area contributed by atoms with Crippen LogP contribution in [-0.2, 0) is 5.88 Å². The predicted molar refractivity (Wildman–Crippen MR) is 73.2 cm³/mol. The van der Waals surface area contributed by atoms with E-state index in [1.54, 1.807) is 6.33 Å². The van der Waals surface area contributed by atoms with Crippen LogP contribution < -0.4 is 0 Å².